The third-order valence-electron chi connectivity index (χ3n) is 15.5. The van der Waals surface area contributed by atoms with Gasteiger partial charge in [0.25, 0.3) is 0 Å². The summed E-state index contributed by atoms with van der Waals surface area (Å²) in [6.07, 6.45) is -4.15. The summed E-state index contributed by atoms with van der Waals surface area (Å²) >= 11 is 0. The van der Waals surface area contributed by atoms with Gasteiger partial charge in [-0.25, -0.2) is 4.79 Å². The fourth-order valence-electron chi connectivity index (χ4n) is 12.5. The van der Waals surface area contributed by atoms with E-state index in [4.69, 9.17) is 14.2 Å². The van der Waals surface area contributed by atoms with Gasteiger partial charge >= 0.3 is 11.9 Å². The number of fused-ring (bicyclic) bond motifs is 5. The van der Waals surface area contributed by atoms with Crippen LogP contribution in [0.2, 0.25) is 0 Å². The molecule has 7 N–H and O–H groups in total. The summed E-state index contributed by atoms with van der Waals surface area (Å²) in [4.78, 5) is 28.9. The second kappa shape index (κ2) is 11.5. The van der Waals surface area contributed by atoms with Crippen LogP contribution in [0.15, 0.2) is 0 Å². The quantitative estimate of drug-likeness (QED) is 0.188. The van der Waals surface area contributed by atoms with Crippen LogP contribution < -0.4 is 0 Å². The molecule has 3 heterocycles. The standard InChI is InChI=1S/C37H59NO12/c1-8-18(3)30(42)49-29-27(41)26-20(16-38-15-17(2)9-10-24(38)34(26,7)45)21-14-35-28(36(21,29)46)22(40)13-23-32(35,5)12-11-25(37(23,47)50-35)48-31(43)33(6,44)19(4)39/h17-29,39-41,44-47H,8-16H2,1-7H3/t17-,18?,19?,20?,21?,22?,23?,24?,25?,26?,27?,28?,29-,32?,33?,34?,35+,36-,37-/m0/s1. The number of carbonyl (C=O) groups is 2. The van der Waals surface area contributed by atoms with Gasteiger partial charge in [0.1, 0.15) is 5.60 Å². The van der Waals surface area contributed by atoms with Crippen LogP contribution in [0.3, 0.4) is 0 Å². The Labute approximate surface area is 294 Å². The van der Waals surface area contributed by atoms with E-state index in [1.807, 2.05) is 13.8 Å². The summed E-state index contributed by atoms with van der Waals surface area (Å²) in [6, 6.07) is -0.238. The van der Waals surface area contributed by atoms with E-state index >= 15 is 0 Å². The van der Waals surface area contributed by atoms with Crippen LogP contribution in [0.25, 0.3) is 0 Å². The number of nitrogens with zero attached hydrogens (tertiary/aromatic N) is 1. The van der Waals surface area contributed by atoms with E-state index in [1.54, 1.807) is 13.8 Å². The van der Waals surface area contributed by atoms with Gasteiger partial charge in [-0.1, -0.05) is 27.7 Å². The van der Waals surface area contributed by atoms with Gasteiger partial charge in [0.2, 0.25) is 5.79 Å². The summed E-state index contributed by atoms with van der Waals surface area (Å²) < 4.78 is 18.7. The van der Waals surface area contributed by atoms with Gasteiger partial charge in [-0.2, -0.15) is 0 Å². The number of hydrogen-bond donors (Lipinski definition) is 7. The Bertz CT molecular complexity index is 1390. The maximum atomic E-state index is 13.5. The highest BCUT2D eigenvalue weighted by Crippen LogP contribution is 2.77. The van der Waals surface area contributed by atoms with Crippen molar-refractivity contribution in [3.63, 3.8) is 0 Å². The number of aliphatic hydroxyl groups is 7. The molecule has 4 aliphatic carbocycles. The lowest BCUT2D eigenvalue weighted by Gasteiger charge is -2.64. The molecule has 7 rings (SSSR count). The van der Waals surface area contributed by atoms with Crippen LogP contribution in [0.1, 0.15) is 93.4 Å². The van der Waals surface area contributed by atoms with Gasteiger partial charge < -0.3 is 50.0 Å². The van der Waals surface area contributed by atoms with Crippen LogP contribution in [0.5, 0.6) is 0 Å². The zero-order valence-corrected chi connectivity index (χ0v) is 30.5. The summed E-state index contributed by atoms with van der Waals surface area (Å²) in [5, 5.41) is 83.5. The first-order chi connectivity index (χ1) is 23.1. The molecule has 0 radical (unpaired) electrons. The number of piperidine rings is 2. The molecule has 7 fully saturated rings. The van der Waals surface area contributed by atoms with E-state index in [1.165, 1.54) is 6.92 Å². The number of ether oxygens (including phenoxy) is 3. The van der Waals surface area contributed by atoms with Crippen molar-refractivity contribution in [1.29, 1.82) is 0 Å². The SMILES string of the molecule is CCC(C)C(=O)O[C@H]1C(O)C2C(CN3C[C@@H](C)CCC3C2(C)O)C2C[C@]34O[C@]5(O)C(OC(=O)C(C)(O)C(C)O)CCC3(C)C5CC(O)C4[C@@]21O. The van der Waals surface area contributed by atoms with Crippen LogP contribution in [-0.4, -0.2) is 130 Å². The molecule has 284 valence electrons. The average Bonchev–Trinajstić information content (AvgIpc) is 3.31. The molecular weight excluding hydrogens is 650 g/mol. The lowest BCUT2D eigenvalue weighted by atomic mass is 9.49. The summed E-state index contributed by atoms with van der Waals surface area (Å²) in [6.45, 7) is 13.1. The Morgan fingerprint density at radius 3 is 2.38 bits per heavy atom. The molecule has 1 spiro atoms. The van der Waals surface area contributed by atoms with Crippen LogP contribution in [0, 0.1) is 46.8 Å². The van der Waals surface area contributed by atoms with Gasteiger partial charge in [-0.15, -0.1) is 0 Å². The van der Waals surface area contributed by atoms with E-state index in [2.05, 4.69) is 11.8 Å². The smallest absolute Gasteiger partial charge is 0.341 e. The van der Waals surface area contributed by atoms with Crippen molar-refractivity contribution in [2.45, 2.75) is 158 Å². The minimum absolute atomic E-state index is 0.0328. The number of esters is 2. The highest BCUT2D eigenvalue weighted by Gasteiger charge is 2.87. The molecule has 3 saturated heterocycles. The Kier molecular flexibility index (Phi) is 8.52. The highest BCUT2D eigenvalue weighted by atomic mass is 16.7. The molecule has 0 aromatic heterocycles. The molecular formula is C37H59NO12. The average molecular weight is 710 g/mol. The fraction of sp³-hybridized carbons (Fsp3) is 0.946. The predicted molar refractivity (Wildman–Crippen MR) is 176 cm³/mol. The topological polar surface area (TPSA) is 207 Å². The first kappa shape index (κ1) is 36.9. The van der Waals surface area contributed by atoms with E-state index in [-0.39, 0.29) is 25.3 Å². The molecule has 0 aromatic rings. The molecule has 50 heavy (non-hydrogen) atoms. The van der Waals surface area contributed by atoms with Gasteiger partial charge in [0, 0.05) is 42.3 Å². The van der Waals surface area contributed by atoms with E-state index < -0.39 is 112 Å². The summed E-state index contributed by atoms with van der Waals surface area (Å²) in [5.41, 5.74) is -7.89. The van der Waals surface area contributed by atoms with Crippen molar-refractivity contribution < 1.29 is 59.5 Å². The van der Waals surface area contributed by atoms with Crippen molar-refractivity contribution in [3.8, 4) is 0 Å². The first-order valence-corrected chi connectivity index (χ1v) is 18.9. The molecule has 0 amide bonds. The predicted octanol–water partition coefficient (Wildman–Crippen LogP) is 0.466. The lowest BCUT2D eigenvalue weighted by Crippen LogP contribution is -2.77. The third-order valence-corrected chi connectivity index (χ3v) is 15.5. The van der Waals surface area contributed by atoms with Crippen molar-refractivity contribution in [3.05, 3.63) is 0 Å². The number of hydrogen-bond acceptors (Lipinski definition) is 13. The maximum absolute atomic E-state index is 13.5. The molecule has 13 nitrogen and oxygen atoms in total. The monoisotopic (exact) mass is 709 g/mol. The normalized spacial score (nSPS) is 54.6. The minimum atomic E-state index is -2.25. The Morgan fingerprint density at radius 2 is 1.74 bits per heavy atom. The van der Waals surface area contributed by atoms with Crippen LogP contribution in [0.4, 0.5) is 0 Å². The largest absolute Gasteiger partial charge is 0.456 e. The van der Waals surface area contributed by atoms with Crippen molar-refractivity contribution in [2.24, 2.45) is 46.8 Å². The van der Waals surface area contributed by atoms with Gasteiger partial charge in [0.15, 0.2) is 17.8 Å². The van der Waals surface area contributed by atoms with Gasteiger partial charge in [0.05, 0.1) is 35.4 Å². The Hall–Kier alpha value is -1.42. The number of carbonyl (C=O) groups excluding carboxylic acids is 2. The number of aliphatic hydroxyl groups excluding tert-OH is 3. The molecule has 14 unspecified atom stereocenters. The Morgan fingerprint density at radius 1 is 1.06 bits per heavy atom. The second-order valence-electron chi connectivity index (χ2n) is 18.2. The van der Waals surface area contributed by atoms with Gasteiger partial charge in [-0.05, 0) is 83.5 Å². The molecule has 13 heteroatoms. The van der Waals surface area contributed by atoms with Crippen LogP contribution >= 0.6 is 0 Å². The highest BCUT2D eigenvalue weighted by molar-refractivity contribution is 5.79. The van der Waals surface area contributed by atoms with Crippen molar-refractivity contribution in [2.75, 3.05) is 13.1 Å². The second-order valence-corrected chi connectivity index (χ2v) is 18.2. The van der Waals surface area contributed by atoms with Crippen molar-refractivity contribution in [1.82, 2.24) is 4.90 Å². The molecule has 7 aliphatic rings. The zero-order valence-electron chi connectivity index (χ0n) is 30.5. The van der Waals surface area contributed by atoms with Gasteiger partial charge in [-0.3, -0.25) is 9.69 Å². The molecule has 4 saturated carbocycles. The zero-order chi connectivity index (χ0) is 36.7. The minimum Gasteiger partial charge on any atom is -0.456 e. The maximum Gasteiger partial charge on any atom is 0.341 e. The molecule has 19 atom stereocenters. The first-order valence-electron chi connectivity index (χ1n) is 18.9. The molecule has 0 aromatic carbocycles. The third kappa shape index (κ3) is 4.57. The fourth-order valence-corrected chi connectivity index (χ4v) is 12.5. The molecule has 3 aliphatic heterocycles. The molecule has 4 bridgehead atoms. The summed E-state index contributed by atoms with van der Waals surface area (Å²) in [5.74, 6) is -7.78. The van der Waals surface area contributed by atoms with E-state index in [0.29, 0.717) is 25.3 Å². The van der Waals surface area contributed by atoms with E-state index in [9.17, 15) is 45.3 Å². The van der Waals surface area contributed by atoms with E-state index in [0.717, 1.165) is 26.3 Å². The Balaban J connectivity index is 1.34. The van der Waals surface area contributed by atoms with Crippen molar-refractivity contribution >= 4 is 11.9 Å². The summed E-state index contributed by atoms with van der Waals surface area (Å²) in [7, 11) is 0. The van der Waals surface area contributed by atoms with Crippen LogP contribution in [-0.2, 0) is 23.8 Å². The lowest BCUT2D eigenvalue weighted by molar-refractivity contribution is -0.300. The number of rotatable bonds is 6.